The lowest BCUT2D eigenvalue weighted by Gasteiger charge is -2.21. The molecule has 1 aromatic rings. The number of benzene rings is 1. The van der Waals surface area contributed by atoms with Crippen LogP contribution in [0.2, 0.25) is 0 Å². The standard InChI is InChI=1S/C18H26N2O2/c1-13-8-9-16(12-17(13)20-14(2)21)18(22)19-11-10-15-6-4-3-5-7-15/h8-9,12,15H,3-7,10-11H2,1-2H3,(H,19,22)(H,20,21). The van der Waals surface area contributed by atoms with Crippen LogP contribution in [-0.2, 0) is 4.79 Å². The number of aryl methyl sites for hydroxylation is 1. The van der Waals surface area contributed by atoms with E-state index >= 15 is 0 Å². The number of hydrogen-bond acceptors (Lipinski definition) is 2. The summed E-state index contributed by atoms with van der Waals surface area (Å²) in [5, 5.41) is 5.75. The van der Waals surface area contributed by atoms with Gasteiger partial charge in [-0.1, -0.05) is 38.2 Å². The van der Waals surface area contributed by atoms with Gasteiger partial charge in [0.2, 0.25) is 5.91 Å². The predicted octanol–water partition coefficient (Wildman–Crippen LogP) is 3.65. The first-order valence-corrected chi connectivity index (χ1v) is 8.22. The lowest BCUT2D eigenvalue weighted by molar-refractivity contribution is -0.114. The molecule has 0 saturated heterocycles. The van der Waals surface area contributed by atoms with Crippen LogP contribution >= 0.6 is 0 Å². The molecule has 2 N–H and O–H groups in total. The van der Waals surface area contributed by atoms with Crippen molar-refractivity contribution in [3.8, 4) is 0 Å². The lowest BCUT2D eigenvalue weighted by atomic mass is 9.87. The highest BCUT2D eigenvalue weighted by atomic mass is 16.2. The minimum absolute atomic E-state index is 0.0672. The van der Waals surface area contributed by atoms with Gasteiger partial charge in [-0.3, -0.25) is 9.59 Å². The molecule has 0 aliphatic heterocycles. The molecule has 1 saturated carbocycles. The van der Waals surface area contributed by atoms with Crippen LogP contribution in [0.15, 0.2) is 18.2 Å². The molecule has 120 valence electrons. The van der Waals surface area contributed by atoms with Crippen molar-refractivity contribution in [3.63, 3.8) is 0 Å². The van der Waals surface area contributed by atoms with E-state index in [1.54, 1.807) is 12.1 Å². The Morgan fingerprint density at radius 2 is 1.91 bits per heavy atom. The predicted molar refractivity (Wildman–Crippen MR) is 89.0 cm³/mol. The molecule has 22 heavy (non-hydrogen) atoms. The zero-order chi connectivity index (χ0) is 15.9. The molecule has 1 aliphatic carbocycles. The van der Waals surface area contributed by atoms with Gasteiger partial charge >= 0.3 is 0 Å². The molecule has 0 bridgehead atoms. The highest BCUT2D eigenvalue weighted by molar-refractivity contribution is 5.97. The Labute approximate surface area is 132 Å². The van der Waals surface area contributed by atoms with Crippen LogP contribution < -0.4 is 10.6 Å². The fourth-order valence-electron chi connectivity index (χ4n) is 3.06. The second kappa shape index (κ2) is 7.97. The van der Waals surface area contributed by atoms with Gasteiger partial charge in [-0.05, 0) is 37.0 Å². The van der Waals surface area contributed by atoms with Crippen molar-refractivity contribution < 1.29 is 9.59 Å². The molecular formula is C18H26N2O2. The van der Waals surface area contributed by atoms with E-state index in [9.17, 15) is 9.59 Å². The Balaban J connectivity index is 1.87. The number of hydrogen-bond donors (Lipinski definition) is 2. The van der Waals surface area contributed by atoms with Crippen LogP contribution in [0, 0.1) is 12.8 Å². The van der Waals surface area contributed by atoms with Crippen LogP contribution in [0.5, 0.6) is 0 Å². The molecule has 2 amide bonds. The summed E-state index contributed by atoms with van der Waals surface area (Å²) in [5.74, 6) is 0.572. The van der Waals surface area contributed by atoms with Crippen molar-refractivity contribution in [1.82, 2.24) is 5.32 Å². The average Bonchev–Trinajstić information content (AvgIpc) is 2.50. The summed E-state index contributed by atoms with van der Waals surface area (Å²) in [6.07, 6.45) is 7.68. The number of nitrogens with one attached hydrogen (secondary N) is 2. The van der Waals surface area contributed by atoms with Crippen LogP contribution in [0.1, 0.15) is 61.4 Å². The van der Waals surface area contributed by atoms with Crippen molar-refractivity contribution in [2.75, 3.05) is 11.9 Å². The molecule has 0 heterocycles. The van der Waals surface area contributed by atoms with Crippen LogP contribution in [0.25, 0.3) is 0 Å². The van der Waals surface area contributed by atoms with Crippen LogP contribution in [0.3, 0.4) is 0 Å². The highest BCUT2D eigenvalue weighted by Gasteiger charge is 2.14. The van der Waals surface area contributed by atoms with Gasteiger partial charge in [0.1, 0.15) is 0 Å². The Morgan fingerprint density at radius 1 is 1.18 bits per heavy atom. The van der Waals surface area contributed by atoms with E-state index in [1.807, 2.05) is 13.0 Å². The molecule has 0 spiro atoms. The van der Waals surface area contributed by atoms with Gasteiger partial charge in [-0.2, -0.15) is 0 Å². The van der Waals surface area contributed by atoms with Crippen molar-refractivity contribution in [1.29, 1.82) is 0 Å². The van der Waals surface area contributed by atoms with E-state index in [4.69, 9.17) is 0 Å². The molecule has 1 aromatic carbocycles. The van der Waals surface area contributed by atoms with Crippen molar-refractivity contribution in [2.45, 2.75) is 52.4 Å². The number of anilines is 1. The van der Waals surface area contributed by atoms with Gasteiger partial charge in [-0.25, -0.2) is 0 Å². The first-order valence-electron chi connectivity index (χ1n) is 8.22. The average molecular weight is 302 g/mol. The first kappa shape index (κ1) is 16.5. The monoisotopic (exact) mass is 302 g/mol. The summed E-state index contributed by atoms with van der Waals surface area (Å²) in [4.78, 5) is 23.4. The third kappa shape index (κ3) is 4.86. The van der Waals surface area contributed by atoms with Crippen molar-refractivity contribution in [3.05, 3.63) is 29.3 Å². The van der Waals surface area contributed by atoms with Crippen molar-refractivity contribution >= 4 is 17.5 Å². The van der Waals surface area contributed by atoms with Gasteiger partial charge in [0.15, 0.2) is 0 Å². The number of rotatable bonds is 5. The van der Waals surface area contributed by atoms with Crippen LogP contribution in [-0.4, -0.2) is 18.4 Å². The van der Waals surface area contributed by atoms with Gasteiger partial charge in [0.05, 0.1) is 0 Å². The molecule has 0 unspecified atom stereocenters. The zero-order valence-electron chi connectivity index (χ0n) is 13.6. The van der Waals surface area contributed by atoms with Gasteiger partial charge in [-0.15, -0.1) is 0 Å². The van der Waals surface area contributed by atoms with E-state index in [1.165, 1.54) is 39.0 Å². The van der Waals surface area contributed by atoms with Crippen molar-refractivity contribution in [2.24, 2.45) is 5.92 Å². The highest BCUT2D eigenvalue weighted by Crippen LogP contribution is 2.25. The number of amides is 2. The van der Waals surface area contributed by atoms with Crippen LogP contribution in [0.4, 0.5) is 5.69 Å². The normalized spacial score (nSPS) is 15.4. The molecule has 0 atom stereocenters. The number of carbonyl (C=O) groups is 2. The molecular weight excluding hydrogens is 276 g/mol. The SMILES string of the molecule is CC(=O)Nc1cc(C(=O)NCCC2CCCCC2)ccc1C. The second-order valence-corrected chi connectivity index (χ2v) is 6.26. The number of carbonyl (C=O) groups excluding carboxylic acids is 2. The molecule has 4 heteroatoms. The maximum atomic E-state index is 12.2. The molecule has 1 fully saturated rings. The molecule has 0 radical (unpaired) electrons. The minimum atomic E-state index is -0.127. The van der Waals surface area contributed by atoms with Gasteiger partial charge < -0.3 is 10.6 Å². The Kier molecular flexibility index (Phi) is 5.99. The maximum absolute atomic E-state index is 12.2. The molecule has 0 aromatic heterocycles. The van der Waals surface area contributed by atoms with E-state index in [2.05, 4.69) is 10.6 Å². The minimum Gasteiger partial charge on any atom is -0.352 e. The summed E-state index contributed by atoms with van der Waals surface area (Å²) >= 11 is 0. The second-order valence-electron chi connectivity index (χ2n) is 6.26. The summed E-state index contributed by atoms with van der Waals surface area (Å²) in [5.41, 5.74) is 2.25. The fourth-order valence-corrected chi connectivity index (χ4v) is 3.06. The third-order valence-corrected chi connectivity index (χ3v) is 4.37. The maximum Gasteiger partial charge on any atom is 0.251 e. The van der Waals surface area contributed by atoms with E-state index in [0.717, 1.165) is 24.4 Å². The zero-order valence-corrected chi connectivity index (χ0v) is 13.6. The first-order chi connectivity index (χ1) is 10.6. The van der Waals surface area contributed by atoms with Gasteiger partial charge in [0.25, 0.3) is 5.91 Å². The largest absolute Gasteiger partial charge is 0.352 e. The summed E-state index contributed by atoms with van der Waals surface area (Å²) < 4.78 is 0. The van der Waals surface area contributed by atoms with E-state index in [0.29, 0.717) is 11.3 Å². The van der Waals surface area contributed by atoms with E-state index in [-0.39, 0.29) is 11.8 Å². The third-order valence-electron chi connectivity index (χ3n) is 4.37. The Hall–Kier alpha value is -1.84. The lowest BCUT2D eigenvalue weighted by Crippen LogP contribution is -2.26. The topological polar surface area (TPSA) is 58.2 Å². The Bertz CT molecular complexity index is 534. The van der Waals surface area contributed by atoms with Gasteiger partial charge in [0, 0.05) is 24.7 Å². The smallest absolute Gasteiger partial charge is 0.251 e. The summed E-state index contributed by atoms with van der Waals surface area (Å²) in [6, 6.07) is 5.41. The molecule has 4 nitrogen and oxygen atoms in total. The Morgan fingerprint density at radius 3 is 2.59 bits per heavy atom. The van der Waals surface area contributed by atoms with E-state index < -0.39 is 0 Å². The fraction of sp³-hybridized carbons (Fsp3) is 0.556. The molecule has 1 aliphatic rings. The summed E-state index contributed by atoms with van der Waals surface area (Å²) in [6.45, 7) is 4.11. The summed E-state index contributed by atoms with van der Waals surface area (Å²) in [7, 11) is 0. The quantitative estimate of drug-likeness (QED) is 0.872. The molecule has 2 rings (SSSR count).